The van der Waals surface area contributed by atoms with Crippen molar-refractivity contribution in [3.8, 4) is 12.1 Å². The number of hydrogen-bond donors (Lipinski definition) is 1. The van der Waals surface area contributed by atoms with Gasteiger partial charge < -0.3 is 4.98 Å². The fraction of sp³-hybridized carbons (Fsp3) is 0.286. The van der Waals surface area contributed by atoms with Gasteiger partial charge in [-0.15, -0.1) is 0 Å². The summed E-state index contributed by atoms with van der Waals surface area (Å²) >= 11 is 0. The molecule has 0 bridgehead atoms. The molecule has 1 rings (SSSR count). The molecule has 0 spiro atoms. The van der Waals surface area contributed by atoms with Crippen molar-refractivity contribution in [2.45, 2.75) is 13.8 Å². The average molecular weight is 148 g/mol. The van der Waals surface area contributed by atoms with E-state index in [1.165, 1.54) is 13.1 Å². The summed E-state index contributed by atoms with van der Waals surface area (Å²) in [6.45, 7) is 3.24. The highest BCUT2D eigenvalue weighted by atomic mass is 14.9. The normalized spacial score (nSPS) is 6.91. The molecule has 4 heteroatoms. The van der Waals surface area contributed by atoms with E-state index >= 15 is 0 Å². The third-order valence-electron chi connectivity index (χ3n) is 0.823. The van der Waals surface area contributed by atoms with Crippen LogP contribution in [0.4, 0.5) is 0 Å². The molecule has 0 fully saturated rings. The summed E-state index contributed by atoms with van der Waals surface area (Å²) in [4.78, 5) is 6.56. The Bertz CT molecular complexity index is 286. The van der Waals surface area contributed by atoms with Crippen molar-refractivity contribution in [2.75, 3.05) is 0 Å². The Balaban J connectivity index is 0.000000292. The van der Waals surface area contributed by atoms with Crippen LogP contribution in [0.25, 0.3) is 0 Å². The summed E-state index contributed by atoms with van der Waals surface area (Å²) < 4.78 is 0. The zero-order valence-corrected chi connectivity index (χ0v) is 6.42. The van der Waals surface area contributed by atoms with E-state index in [1.54, 1.807) is 13.0 Å². The van der Waals surface area contributed by atoms with Gasteiger partial charge in [0.2, 0.25) is 0 Å². The van der Waals surface area contributed by atoms with E-state index < -0.39 is 0 Å². The molecule has 0 saturated carbocycles. The van der Waals surface area contributed by atoms with Gasteiger partial charge in [0, 0.05) is 6.92 Å². The number of nitrogens with zero attached hydrogens (tertiary/aromatic N) is 3. The van der Waals surface area contributed by atoms with Gasteiger partial charge in [0.15, 0.2) is 0 Å². The molecule has 1 N–H and O–H groups in total. The van der Waals surface area contributed by atoms with Gasteiger partial charge in [0.25, 0.3) is 0 Å². The Morgan fingerprint density at radius 2 is 2.09 bits per heavy atom. The van der Waals surface area contributed by atoms with Crippen molar-refractivity contribution in [1.82, 2.24) is 9.97 Å². The van der Waals surface area contributed by atoms with Crippen molar-refractivity contribution in [3.05, 3.63) is 17.7 Å². The molecule has 0 aliphatic heterocycles. The molecule has 0 aromatic carbocycles. The molecule has 0 aliphatic rings. The van der Waals surface area contributed by atoms with Gasteiger partial charge in [-0.1, -0.05) is 0 Å². The summed E-state index contributed by atoms with van der Waals surface area (Å²) in [6.07, 6.45) is 1.51. The molecule has 1 heterocycles. The number of nitriles is 2. The molecular formula is C7H8N4. The van der Waals surface area contributed by atoms with Crippen LogP contribution in [0.3, 0.4) is 0 Å². The number of H-pyrrole nitrogens is 1. The van der Waals surface area contributed by atoms with E-state index in [9.17, 15) is 0 Å². The second kappa shape index (κ2) is 5.01. The van der Waals surface area contributed by atoms with Crippen molar-refractivity contribution >= 4 is 0 Å². The van der Waals surface area contributed by atoms with E-state index in [2.05, 4.69) is 9.97 Å². The number of imidazole rings is 1. The first-order valence-corrected chi connectivity index (χ1v) is 2.97. The van der Waals surface area contributed by atoms with Gasteiger partial charge in [-0.25, -0.2) is 4.98 Å². The molecule has 0 unspecified atom stereocenters. The number of rotatable bonds is 0. The first kappa shape index (κ1) is 9.19. The third kappa shape index (κ3) is 3.72. The lowest BCUT2D eigenvalue weighted by Gasteiger charge is -1.72. The molecule has 0 atom stereocenters. The molecule has 56 valence electrons. The standard InChI is InChI=1S/C5H5N3.C2H3N/c1-4-7-3-5(2-6)8-4;1-2-3/h3H,1H3,(H,7,8);1H3. The van der Waals surface area contributed by atoms with Crippen LogP contribution in [0.2, 0.25) is 0 Å². The minimum absolute atomic E-state index is 0.516. The number of hydrogen-bond acceptors (Lipinski definition) is 3. The second-order valence-electron chi connectivity index (χ2n) is 1.72. The zero-order chi connectivity index (χ0) is 8.69. The van der Waals surface area contributed by atoms with E-state index in [4.69, 9.17) is 10.5 Å². The van der Waals surface area contributed by atoms with Gasteiger partial charge in [-0.3, -0.25) is 0 Å². The smallest absolute Gasteiger partial charge is 0.137 e. The van der Waals surface area contributed by atoms with Crippen molar-refractivity contribution in [3.63, 3.8) is 0 Å². The highest BCUT2D eigenvalue weighted by Gasteiger charge is 1.89. The van der Waals surface area contributed by atoms with Gasteiger partial charge >= 0.3 is 0 Å². The number of aromatic amines is 1. The Morgan fingerprint density at radius 1 is 1.55 bits per heavy atom. The molecule has 0 saturated heterocycles. The lowest BCUT2D eigenvalue weighted by atomic mass is 10.5. The zero-order valence-electron chi connectivity index (χ0n) is 6.42. The lowest BCUT2D eigenvalue weighted by Crippen LogP contribution is -1.71. The topological polar surface area (TPSA) is 76.3 Å². The third-order valence-corrected chi connectivity index (χ3v) is 0.823. The number of aryl methyl sites for hydroxylation is 1. The van der Waals surface area contributed by atoms with Crippen LogP contribution in [0, 0.1) is 29.6 Å². The molecule has 0 radical (unpaired) electrons. The molecule has 0 amide bonds. The van der Waals surface area contributed by atoms with Crippen LogP contribution in [-0.2, 0) is 0 Å². The maximum Gasteiger partial charge on any atom is 0.137 e. The summed E-state index contributed by atoms with van der Waals surface area (Å²) in [6, 6.07) is 3.68. The number of aromatic nitrogens is 2. The summed E-state index contributed by atoms with van der Waals surface area (Å²) in [5.41, 5.74) is 0.516. The van der Waals surface area contributed by atoms with Gasteiger partial charge in [0.1, 0.15) is 17.6 Å². The molecular weight excluding hydrogens is 140 g/mol. The van der Waals surface area contributed by atoms with Crippen molar-refractivity contribution in [2.24, 2.45) is 0 Å². The predicted octanol–water partition coefficient (Wildman–Crippen LogP) is 1.12. The Kier molecular flexibility index (Phi) is 4.19. The van der Waals surface area contributed by atoms with Crippen molar-refractivity contribution in [1.29, 1.82) is 10.5 Å². The minimum atomic E-state index is 0.516. The van der Waals surface area contributed by atoms with E-state index in [0.717, 1.165) is 5.82 Å². The summed E-state index contributed by atoms with van der Waals surface area (Å²) in [5.74, 6) is 0.779. The molecule has 1 aromatic rings. The summed E-state index contributed by atoms with van der Waals surface area (Å²) in [7, 11) is 0. The largest absolute Gasteiger partial charge is 0.334 e. The fourth-order valence-electron chi connectivity index (χ4n) is 0.478. The number of nitrogens with one attached hydrogen (secondary N) is 1. The first-order valence-electron chi connectivity index (χ1n) is 2.97. The second-order valence-corrected chi connectivity index (χ2v) is 1.72. The highest BCUT2D eigenvalue weighted by molar-refractivity contribution is 5.16. The van der Waals surface area contributed by atoms with E-state index in [1.807, 2.05) is 6.07 Å². The van der Waals surface area contributed by atoms with E-state index in [0.29, 0.717) is 5.69 Å². The van der Waals surface area contributed by atoms with Gasteiger partial charge in [0.05, 0.1) is 12.3 Å². The molecule has 0 aliphatic carbocycles. The Labute approximate surface area is 65.1 Å². The Morgan fingerprint density at radius 3 is 2.27 bits per heavy atom. The first-order chi connectivity index (χ1) is 5.24. The molecule has 1 aromatic heterocycles. The van der Waals surface area contributed by atoms with E-state index in [-0.39, 0.29) is 0 Å². The average Bonchev–Trinajstić information content (AvgIpc) is 2.37. The SMILES string of the molecule is CC#N.Cc1ncc(C#N)[nH]1. The Hall–Kier alpha value is -1.81. The molecule has 11 heavy (non-hydrogen) atoms. The van der Waals surface area contributed by atoms with Gasteiger partial charge in [-0.2, -0.15) is 10.5 Å². The monoisotopic (exact) mass is 148 g/mol. The highest BCUT2D eigenvalue weighted by Crippen LogP contribution is 1.90. The minimum Gasteiger partial charge on any atom is -0.334 e. The van der Waals surface area contributed by atoms with Crippen LogP contribution < -0.4 is 0 Å². The van der Waals surface area contributed by atoms with Crippen LogP contribution in [0.1, 0.15) is 18.4 Å². The quantitative estimate of drug-likeness (QED) is 0.598. The van der Waals surface area contributed by atoms with Crippen LogP contribution in [0.5, 0.6) is 0 Å². The fourth-order valence-corrected chi connectivity index (χ4v) is 0.478. The summed E-state index contributed by atoms with van der Waals surface area (Å²) in [5, 5.41) is 15.5. The maximum atomic E-state index is 8.23. The van der Waals surface area contributed by atoms with Crippen LogP contribution in [-0.4, -0.2) is 9.97 Å². The molecule has 4 nitrogen and oxygen atoms in total. The predicted molar refractivity (Wildman–Crippen MR) is 39.3 cm³/mol. The maximum absolute atomic E-state index is 8.23. The van der Waals surface area contributed by atoms with Crippen LogP contribution in [0.15, 0.2) is 6.20 Å². The van der Waals surface area contributed by atoms with Gasteiger partial charge in [-0.05, 0) is 6.92 Å². The van der Waals surface area contributed by atoms with Crippen molar-refractivity contribution < 1.29 is 0 Å². The lowest BCUT2D eigenvalue weighted by molar-refractivity contribution is 1.14. The van der Waals surface area contributed by atoms with Crippen LogP contribution >= 0.6 is 0 Å².